The van der Waals surface area contributed by atoms with Crippen LogP contribution in [0.4, 0.5) is 4.79 Å². The van der Waals surface area contributed by atoms with Crippen LogP contribution in [0.3, 0.4) is 0 Å². The molecule has 6 nitrogen and oxygen atoms in total. The quantitative estimate of drug-likeness (QED) is 0.698. The lowest BCUT2D eigenvalue weighted by Crippen LogP contribution is -2.21. The predicted octanol–water partition coefficient (Wildman–Crippen LogP) is 1.39. The number of hydrazine groups is 1. The van der Waals surface area contributed by atoms with Gasteiger partial charge in [-0.2, -0.15) is 10.1 Å². The third kappa shape index (κ3) is 2.25. The zero-order chi connectivity index (χ0) is 12.7. The van der Waals surface area contributed by atoms with Crippen molar-refractivity contribution in [1.82, 2.24) is 15.1 Å². The zero-order valence-corrected chi connectivity index (χ0v) is 11.1. The van der Waals surface area contributed by atoms with Gasteiger partial charge in [-0.15, -0.1) is 0 Å². The zero-order valence-electron chi connectivity index (χ0n) is 11.1. The Morgan fingerprint density at radius 2 is 1.94 bits per heavy atom. The van der Waals surface area contributed by atoms with Crippen molar-refractivity contribution in [2.45, 2.75) is 59.1 Å². The third-order valence-corrected chi connectivity index (χ3v) is 2.90. The molecule has 4 unspecified atom stereocenters. The first-order chi connectivity index (χ1) is 7.99. The molecular weight excluding hydrogens is 222 g/mol. The van der Waals surface area contributed by atoms with Crippen molar-refractivity contribution >= 4 is 6.09 Å². The highest BCUT2D eigenvalue weighted by molar-refractivity contribution is 5.70. The first-order valence-electron chi connectivity index (χ1n) is 6.18. The number of carbonyl (C=O) groups excluding carboxylic acids is 1. The number of ether oxygens (including phenoxy) is 1. The van der Waals surface area contributed by atoms with Crippen LogP contribution in [0, 0.1) is 0 Å². The lowest BCUT2D eigenvalue weighted by Gasteiger charge is -2.06. The van der Waals surface area contributed by atoms with Gasteiger partial charge < -0.3 is 4.74 Å². The van der Waals surface area contributed by atoms with E-state index >= 15 is 0 Å². The van der Waals surface area contributed by atoms with E-state index < -0.39 is 0 Å². The molecule has 98 valence electrons. The largest absolute Gasteiger partial charge is 0.449 e. The van der Waals surface area contributed by atoms with Gasteiger partial charge in [0.15, 0.2) is 12.4 Å². The van der Waals surface area contributed by atoms with E-state index in [4.69, 9.17) is 9.57 Å². The highest BCUT2D eigenvalue weighted by Gasteiger charge is 2.64. The molecule has 2 rings (SSSR count). The summed E-state index contributed by atoms with van der Waals surface area (Å²) in [5.41, 5.74) is 0. The third-order valence-electron chi connectivity index (χ3n) is 2.90. The summed E-state index contributed by atoms with van der Waals surface area (Å²) < 4.78 is 5.02. The molecule has 2 aliphatic heterocycles. The van der Waals surface area contributed by atoms with Gasteiger partial charge in [-0.1, -0.05) is 0 Å². The minimum Gasteiger partial charge on any atom is -0.449 e. The molecule has 4 atom stereocenters. The van der Waals surface area contributed by atoms with Crippen molar-refractivity contribution in [3.63, 3.8) is 0 Å². The van der Waals surface area contributed by atoms with Crippen LogP contribution in [0.5, 0.6) is 0 Å². The van der Waals surface area contributed by atoms with Crippen LogP contribution in [0.25, 0.3) is 0 Å². The van der Waals surface area contributed by atoms with Crippen LogP contribution in [0.15, 0.2) is 0 Å². The number of hydrogen-bond donors (Lipinski definition) is 0. The Morgan fingerprint density at radius 1 is 1.29 bits per heavy atom. The Hall–Kier alpha value is -0.850. The van der Waals surface area contributed by atoms with Gasteiger partial charge in [0.05, 0.1) is 6.61 Å². The maximum Gasteiger partial charge on any atom is 0.426 e. The molecule has 0 saturated carbocycles. The van der Waals surface area contributed by atoms with E-state index in [-0.39, 0.29) is 24.5 Å². The summed E-state index contributed by atoms with van der Waals surface area (Å²) in [6.07, 6.45) is -0.302. The van der Waals surface area contributed by atoms with Crippen LogP contribution >= 0.6 is 0 Å². The predicted molar refractivity (Wildman–Crippen MR) is 61.5 cm³/mol. The molecule has 1 amide bonds. The Balaban J connectivity index is 1.96. The van der Waals surface area contributed by atoms with Crippen molar-refractivity contribution in [1.29, 1.82) is 0 Å². The SMILES string of the molecule is CCOC(=O)N1C(C2ON2C(C)C)N1C(C)C. The summed E-state index contributed by atoms with van der Waals surface area (Å²) in [7, 11) is 0. The molecule has 2 heterocycles. The molecule has 0 radical (unpaired) electrons. The van der Waals surface area contributed by atoms with E-state index in [9.17, 15) is 4.79 Å². The fourth-order valence-electron chi connectivity index (χ4n) is 2.10. The first kappa shape index (κ1) is 12.6. The van der Waals surface area contributed by atoms with Gasteiger partial charge in [0, 0.05) is 12.1 Å². The van der Waals surface area contributed by atoms with E-state index in [0.29, 0.717) is 12.6 Å². The molecule has 0 bridgehead atoms. The lowest BCUT2D eigenvalue weighted by molar-refractivity contribution is 0.113. The lowest BCUT2D eigenvalue weighted by atomic mass is 10.3. The van der Waals surface area contributed by atoms with Crippen LogP contribution in [0.1, 0.15) is 34.6 Å². The number of hydrogen-bond acceptors (Lipinski definition) is 5. The summed E-state index contributed by atoms with van der Waals surface area (Å²) in [6, 6.07) is 0.598. The minimum atomic E-state index is -0.287. The average Bonchev–Trinajstić information content (AvgIpc) is 3.10. The summed E-state index contributed by atoms with van der Waals surface area (Å²) in [6.45, 7) is 10.4. The molecule has 6 heteroatoms. The first-order valence-corrected chi connectivity index (χ1v) is 6.18. The van der Waals surface area contributed by atoms with Crippen molar-refractivity contribution < 1.29 is 14.4 Å². The fourth-order valence-corrected chi connectivity index (χ4v) is 2.10. The topological polar surface area (TPSA) is 47.9 Å². The van der Waals surface area contributed by atoms with Crippen LogP contribution in [0.2, 0.25) is 0 Å². The molecule has 0 aromatic carbocycles. The monoisotopic (exact) mass is 243 g/mol. The molecule has 2 fully saturated rings. The Bertz CT molecular complexity index is 308. The summed E-state index contributed by atoms with van der Waals surface area (Å²) in [5, 5.41) is 5.53. The molecule has 17 heavy (non-hydrogen) atoms. The maximum atomic E-state index is 11.7. The maximum absolute atomic E-state index is 11.7. The Morgan fingerprint density at radius 3 is 2.35 bits per heavy atom. The van der Waals surface area contributed by atoms with Gasteiger partial charge in [-0.3, -0.25) is 4.84 Å². The highest BCUT2D eigenvalue weighted by atomic mass is 16.8. The average molecular weight is 243 g/mol. The smallest absolute Gasteiger partial charge is 0.426 e. The van der Waals surface area contributed by atoms with Crippen molar-refractivity contribution in [2.24, 2.45) is 0 Å². The molecule has 0 aromatic heterocycles. The molecule has 2 aliphatic rings. The van der Waals surface area contributed by atoms with Crippen molar-refractivity contribution in [3.05, 3.63) is 0 Å². The molecule has 0 N–H and O–H groups in total. The van der Waals surface area contributed by atoms with E-state index in [1.165, 1.54) is 0 Å². The second kappa shape index (κ2) is 4.44. The van der Waals surface area contributed by atoms with Crippen LogP contribution in [-0.4, -0.2) is 52.3 Å². The van der Waals surface area contributed by atoms with E-state index in [0.717, 1.165) is 0 Å². The summed E-state index contributed by atoms with van der Waals surface area (Å²) in [4.78, 5) is 17.2. The Kier molecular flexibility index (Phi) is 3.29. The molecule has 0 aromatic rings. The molecular formula is C11H21N3O3. The molecule has 0 aliphatic carbocycles. The van der Waals surface area contributed by atoms with Gasteiger partial charge in [-0.05, 0) is 34.6 Å². The van der Waals surface area contributed by atoms with Crippen LogP contribution < -0.4 is 0 Å². The normalized spacial score (nSPS) is 35.4. The fraction of sp³-hybridized carbons (Fsp3) is 0.909. The number of carbonyl (C=O) groups is 1. The molecule has 2 saturated heterocycles. The van der Waals surface area contributed by atoms with Gasteiger partial charge >= 0.3 is 6.09 Å². The second-order valence-electron chi connectivity index (χ2n) is 4.88. The number of amides is 1. The van der Waals surface area contributed by atoms with Gasteiger partial charge in [0.2, 0.25) is 0 Å². The number of hydroxylamine groups is 2. The van der Waals surface area contributed by atoms with Crippen LogP contribution in [-0.2, 0) is 9.57 Å². The molecule has 0 spiro atoms. The van der Waals surface area contributed by atoms with Crippen molar-refractivity contribution in [2.75, 3.05) is 6.61 Å². The van der Waals surface area contributed by atoms with E-state index in [1.54, 1.807) is 5.01 Å². The minimum absolute atomic E-state index is 0.00329. The van der Waals surface area contributed by atoms with E-state index in [2.05, 4.69) is 13.8 Å². The van der Waals surface area contributed by atoms with Gasteiger partial charge in [0.25, 0.3) is 0 Å². The second-order valence-corrected chi connectivity index (χ2v) is 4.88. The van der Waals surface area contributed by atoms with E-state index in [1.807, 2.05) is 30.8 Å². The summed E-state index contributed by atoms with van der Waals surface area (Å²) >= 11 is 0. The van der Waals surface area contributed by atoms with Gasteiger partial charge in [-0.25, -0.2) is 9.80 Å². The standard InChI is InChI=1S/C11H21N3O3/c1-6-16-11(15)13-9(12(13)7(2)3)10-14(17-10)8(4)5/h7-10H,6H2,1-5H3. The van der Waals surface area contributed by atoms with Gasteiger partial charge in [0.1, 0.15) is 0 Å². The number of nitrogens with zero attached hydrogens (tertiary/aromatic N) is 3. The van der Waals surface area contributed by atoms with Crippen molar-refractivity contribution in [3.8, 4) is 0 Å². The summed E-state index contributed by atoms with van der Waals surface area (Å²) in [5.74, 6) is 0. The highest BCUT2D eigenvalue weighted by Crippen LogP contribution is 2.42. The Labute approximate surface area is 102 Å². The number of rotatable bonds is 4.